The highest BCUT2D eigenvalue weighted by atomic mass is 16.5. The number of carbonyl (C=O) groups excluding carboxylic acids is 2. The van der Waals surface area contributed by atoms with Crippen molar-refractivity contribution >= 4 is 11.9 Å². The van der Waals surface area contributed by atoms with E-state index in [0.717, 1.165) is 12.0 Å². The first-order valence-electron chi connectivity index (χ1n) is 3.83. The molecule has 0 aliphatic rings. The summed E-state index contributed by atoms with van der Waals surface area (Å²) in [6.45, 7) is 3.08. The van der Waals surface area contributed by atoms with Crippen LogP contribution in [0.15, 0.2) is 0 Å². The van der Waals surface area contributed by atoms with E-state index in [0.29, 0.717) is 0 Å². The molecule has 0 atom stereocenters. The Morgan fingerprint density at radius 2 is 1.92 bits per heavy atom. The molecule has 0 rings (SSSR count). The number of likely N-dealkylation sites (N-methyl/N-ethyl adjacent to an activating group) is 1. The topological polar surface area (TPSA) is 66.8 Å². The van der Waals surface area contributed by atoms with Crippen LogP contribution >= 0.6 is 0 Å². The van der Waals surface area contributed by atoms with E-state index in [2.05, 4.69) is 4.74 Å². The molecule has 0 aromatic heterocycles. The van der Waals surface area contributed by atoms with E-state index >= 15 is 0 Å². The third kappa shape index (κ3) is 2.69. The van der Waals surface area contributed by atoms with E-state index in [1.165, 1.54) is 7.05 Å². The Hall–Kier alpha value is -1.10. The number of hydrogen-bond acceptors (Lipinski definition) is 4. The van der Waals surface area contributed by atoms with Crippen molar-refractivity contribution in [1.29, 1.82) is 0 Å². The highest BCUT2D eigenvalue weighted by molar-refractivity contribution is 6.32. The standard InChI is InChI=1S/C8H15NO4/c1-8(2,5-10)9(3)6(11)7(12)13-4/h10H,5H2,1-4H3. The predicted octanol–water partition coefficient (Wildman–Crippen LogP) is -0.611. The molecule has 0 aromatic carbocycles. The van der Waals surface area contributed by atoms with E-state index in [4.69, 9.17) is 5.11 Å². The third-order valence-electron chi connectivity index (χ3n) is 1.96. The minimum absolute atomic E-state index is 0.216. The quantitative estimate of drug-likeness (QED) is 0.465. The van der Waals surface area contributed by atoms with E-state index in [1.807, 2.05) is 0 Å². The molecule has 5 nitrogen and oxygen atoms in total. The summed E-state index contributed by atoms with van der Waals surface area (Å²) in [6, 6.07) is 0. The van der Waals surface area contributed by atoms with Crippen molar-refractivity contribution in [1.82, 2.24) is 4.90 Å². The fourth-order valence-electron chi connectivity index (χ4n) is 0.605. The molecule has 0 saturated carbocycles. The molecule has 0 unspecified atom stereocenters. The second-order valence-electron chi connectivity index (χ2n) is 3.33. The number of ether oxygens (including phenoxy) is 1. The first-order chi connectivity index (χ1) is 5.86. The molecular formula is C8H15NO4. The molecule has 0 heterocycles. The Bertz CT molecular complexity index is 212. The minimum atomic E-state index is -0.927. The molecule has 1 amide bonds. The molecule has 0 aromatic rings. The van der Waals surface area contributed by atoms with Gasteiger partial charge < -0.3 is 14.7 Å². The minimum Gasteiger partial charge on any atom is -0.462 e. The Morgan fingerprint density at radius 3 is 2.23 bits per heavy atom. The maximum Gasteiger partial charge on any atom is 0.396 e. The normalized spacial score (nSPS) is 10.8. The number of amides is 1. The van der Waals surface area contributed by atoms with Crippen LogP contribution in [-0.4, -0.2) is 48.2 Å². The number of esters is 1. The number of hydrogen-bond donors (Lipinski definition) is 1. The van der Waals surface area contributed by atoms with Crippen LogP contribution in [0, 0.1) is 0 Å². The van der Waals surface area contributed by atoms with Gasteiger partial charge in [-0.1, -0.05) is 0 Å². The maximum atomic E-state index is 11.2. The Balaban J connectivity index is 4.51. The van der Waals surface area contributed by atoms with Crippen molar-refractivity contribution in [3.05, 3.63) is 0 Å². The third-order valence-corrected chi connectivity index (χ3v) is 1.96. The number of rotatable bonds is 2. The number of aliphatic hydroxyl groups is 1. The first-order valence-corrected chi connectivity index (χ1v) is 3.83. The lowest BCUT2D eigenvalue weighted by Crippen LogP contribution is -2.50. The molecule has 0 spiro atoms. The van der Waals surface area contributed by atoms with Gasteiger partial charge in [0.15, 0.2) is 0 Å². The number of carbonyl (C=O) groups is 2. The molecule has 0 radical (unpaired) electrons. The van der Waals surface area contributed by atoms with Crippen LogP contribution in [-0.2, 0) is 14.3 Å². The zero-order valence-corrected chi connectivity index (χ0v) is 8.33. The molecule has 0 aliphatic carbocycles. The van der Waals surface area contributed by atoms with Crippen LogP contribution in [0.5, 0.6) is 0 Å². The van der Waals surface area contributed by atoms with Crippen LogP contribution in [0.25, 0.3) is 0 Å². The Kier molecular flexibility index (Phi) is 3.87. The summed E-state index contributed by atoms with van der Waals surface area (Å²) < 4.78 is 4.26. The number of nitrogens with zero attached hydrogens (tertiary/aromatic N) is 1. The fourth-order valence-corrected chi connectivity index (χ4v) is 0.605. The second kappa shape index (κ2) is 4.23. The number of aliphatic hydroxyl groups excluding tert-OH is 1. The highest BCUT2D eigenvalue weighted by Gasteiger charge is 2.31. The highest BCUT2D eigenvalue weighted by Crippen LogP contribution is 2.11. The molecule has 1 N–H and O–H groups in total. The lowest BCUT2D eigenvalue weighted by molar-refractivity contribution is -0.160. The predicted molar refractivity (Wildman–Crippen MR) is 46.0 cm³/mol. The Morgan fingerprint density at radius 1 is 1.46 bits per heavy atom. The van der Waals surface area contributed by atoms with Gasteiger partial charge in [0, 0.05) is 7.05 Å². The average Bonchev–Trinajstić information content (AvgIpc) is 2.14. The van der Waals surface area contributed by atoms with Crippen molar-refractivity contribution in [2.45, 2.75) is 19.4 Å². The Labute approximate surface area is 77.3 Å². The lowest BCUT2D eigenvalue weighted by Gasteiger charge is -2.32. The van der Waals surface area contributed by atoms with Crippen LogP contribution in [0.2, 0.25) is 0 Å². The zero-order valence-electron chi connectivity index (χ0n) is 8.33. The fraction of sp³-hybridized carbons (Fsp3) is 0.750. The molecule has 5 heteroatoms. The summed E-state index contributed by atoms with van der Waals surface area (Å²) in [5.41, 5.74) is -0.759. The SMILES string of the molecule is COC(=O)C(=O)N(C)C(C)(C)CO. The van der Waals surface area contributed by atoms with Gasteiger partial charge in [0.1, 0.15) is 0 Å². The largest absolute Gasteiger partial charge is 0.462 e. The van der Waals surface area contributed by atoms with E-state index in [1.54, 1.807) is 13.8 Å². The summed E-state index contributed by atoms with van der Waals surface area (Å²) in [4.78, 5) is 23.2. The van der Waals surface area contributed by atoms with Gasteiger partial charge in [-0.3, -0.25) is 4.79 Å². The second-order valence-corrected chi connectivity index (χ2v) is 3.33. The summed E-state index contributed by atoms with van der Waals surface area (Å²) in [6.07, 6.45) is 0. The monoisotopic (exact) mass is 189 g/mol. The van der Waals surface area contributed by atoms with Crippen LogP contribution in [0.3, 0.4) is 0 Å². The van der Waals surface area contributed by atoms with Gasteiger partial charge in [-0.05, 0) is 13.8 Å². The van der Waals surface area contributed by atoms with Crippen molar-refractivity contribution in [3.8, 4) is 0 Å². The molecule has 0 fully saturated rings. The van der Waals surface area contributed by atoms with Crippen LogP contribution in [0.1, 0.15) is 13.8 Å². The van der Waals surface area contributed by atoms with Gasteiger partial charge in [-0.2, -0.15) is 0 Å². The summed E-state index contributed by atoms with van der Waals surface area (Å²) in [5, 5.41) is 8.92. The average molecular weight is 189 g/mol. The molecule has 0 aliphatic heterocycles. The van der Waals surface area contributed by atoms with Gasteiger partial charge in [-0.25, -0.2) is 4.79 Å². The van der Waals surface area contributed by atoms with Gasteiger partial charge in [0.05, 0.1) is 19.3 Å². The van der Waals surface area contributed by atoms with Crippen LogP contribution < -0.4 is 0 Å². The van der Waals surface area contributed by atoms with Crippen molar-refractivity contribution in [2.75, 3.05) is 20.8 Å². The van der Waals surface area contributed by atoms with Gasteiger partial charge in [0.25, 0.3) is 0 Å². The summed E-state index contributed by atoms with van der Waals surface area (Å²) in [5.74, 6) is -1.69. The molecule has 76 valence electrons. The summed E-state index contributed by atoms with van der Waals surface area (Å²) >= 11 is 0. The van der Waals surface area contributed by atoms with Gasteiger partial charge in [-0.15, -0.1) is 0 Å². The molecular weight excluding hydrogens is 174 g/mol. The lowest BCUT2D eigenvalue weighted by atomic mass is 10.1. The summed E-state index contributed by atoms with van der Waals surface area (Å²) in [7, 11) is 2.58. The zero-order chi connectivity index (χ0) is 10.6. The van der Waals surface area contributed by atoms with Crippen molar-refractivity contribution < 1.29 is 19.4 Å². The maximum absolute atomic E-state index is 11.2. The van der Waals surface area contributed by atoms with E-state index < -0.39 is 17.4 Å². The van der Waals surface area contributed by atoms with Gasteiger partial charge >= 0.3 is 11.9 Å². The molecule has 0 saturated heterocycles. The van der Waals surface area contributed by atoms with E-state index in [9.17, 15) is 9.59 Å². The first kappa shape index (κ1) is 11.9. The number of methoxy groups -OCH3 is 1. The molecule has 0 bridgehead atoms. The molecule has 13 heavy (non-hydrogen) atoms. The van der Waals surface area contributed by atoms with E-state index in [-0.39, 0.29) is 6.61 Å². The van der Waals surface area contributed by atoms with Crippen molar-refractivity contribution in [3.63, 3.8) is 0 Å². The van der Waals surface area contributed by atoms with Crippen molar-refractivity contribution in [2.24, 2.45) is 0 Å². The van der Waals surface area contributed by atoms with Gasteiger partial charge in [0.2, 0.25) is 0 Å². The van der Waals surface area contributed by atoms with Crippen LogP contribution in [0.4, 0.5) is 0 Å². The smallest absolute Gasteiger partial charge is 0.396 e.